The van der Waals surface area contributed by atoms with E-state index < -0.39 is 17.5 Å². The number of nitrogens with zero attached hydrogens (tertiary/aromatic N) is 2. The summed E-state index contributed by atoms with van der Waals surface area (Å²) in [5.41, 5.74) is -0.547. The molecule has 160 valence electrons. The first kappa shape index (κ1) is 23.0. The molecule has 0 aromatic heterocycles. The zero-order valence-corrected chi connectivity index (χ0v) is 17.9. The third-order valence-corrected chi connectivity index (χ3v) is 5.60. The molecule has 8 nitrogen and oxygen atoms in total. The number of piperidine rings is 1. The highest BCUT2D eigenvalue weighted by Gasteiger charge is 2.49. The number of carbonyl (C=O) groups excluding carboxylic acids is 3. The number of halogens is 1. The van der Waals surface area contributed by atoms with E-state index in [1.807, 2.05) is 7.05 Å². The molecule has 9 heteroatoms. The van der Waals surface area contributed by atoms with Crippen LogP contribution in [0, 0.1) is 5.92 Å². The second-order valence-corrected chi connectivity index (χ2v) is 7.58. The molecule has 0 saturated carbocycles. The van der Waals surface area contributed by atoms with Gasteiger partial charge >= 0.3 is 6.03 Å². The summed E-state index contributed by atoms with van der Waals surface area (Å²) in [6.45, 7) is 3.59. The van der Waals surface area contributed by atoms with E-state index in [0.29, 0.717) is 30.3 Å². The Kier molecular flexibility index (Phi) is 7.48. The van der Waals surface area contributed by atoms with Gasteiger partial charge < -0.3 is 20.3 Å². The number of carbonyl (C=O) groups is 3. The van der Waals surface area contributed by atoms with Crippen LogP contribution in [0.5, 0.6) is 5.75 Å². The molecule has 2 unspecified atom stereocenters. The second-order valence-electron chi connectivity index (χ2n) is 7.58. The lowest BCUT2D eigenvalue weighted by molar-refractivity contribution is -0.139. The van der Waals surface area contributed by atoms with E-state index in [4.69, 9.17) is 4.74 Å². The molecule has 1 aromatic rings. The molecule has 0 aliphatic carbocycles. The molecule has 29 heavy (non-hydrogen) atoms. The average Bonchev–Trinajstić information content (AvgIpc) is 2.92. The van der Waals surface area contributed by atoms with Gasteiger partial charge in [0.25, 0.3) is 5.91 Å². The maximum Gasteiger partial charge on any atom is 0.325 e. The molecule has 2 fully saturated rings. The summed E-state index contributed by atoms with van der Waals surface area (Å²) in [7, 11) is 3.46. The van der Waals surface area contributed by atoms with Gasteiger partial charge in [-0.05, 0) is 57.0 Å². The molecule has 2 atom stereocenters. The lowest BCUT2D eigenvalue weighted by Crippen LogP contribution is -2.48. The number of nitrogens with one attached hydrogen (secondary N) is 2. The first-order valence-electron chi connectivity index (χ1n) is 9.60. The highest BCUT2D eigenvalue weighted by Crippen LogP contribution is 2.30. The highest BCUT2D eigenvalue weighted by atomic mass is 35.5. The topological polar surface area (TPSA) is 91.0 Å². The molecule has 2 aliphatic heterocycles. The van der Waals surface area contributed by atoms with Crippen molar-refractivity contribution in [3.05, 3.63) is 29.8 Å². The summed E-state index contributed by atoms with van der Waals surface area (Å²) in [6, 6.07) is 6.43. The first-order valence-corrected chi connectivity index (χ1v) is 9.60. The summed E-state index contributed by atoms with van der Waals surface area (Å²) in [5, 5.41) is 5.88. The fraction of sp³-hybridized carbons (Fsp3) is 0.550. The van der Waals surface area contributed by atoms with Gasteiger partial charge in [0.1, 0.15) is 17.8 Å². The Morgan fingerprint density at radius 2 is 2.00 bits per heavy atom. The molecular weight excluding hydrogens is 396 g/mol. The van der Waals surface area contributed by atoms with Crippen molar-refractivity contribution in [1.29, 1.82) is 0 Å². The van der Waals surface area contributed by atoms with Crippen LogP contribution in [0.15, 0.2) is 24.3 Å². The number of imide groups is 1. The molecule has 0 bridgehead atoms. The van der Waals surface area contributed by atoms with Crippen molar-refractivity contribution in [2.24, 2.45) is 5.92 Å². The van der Waals surface area contributed by atoms with E-state index in [-0.39, 0.29) is 24.9 Å². The average molecular weight is 425 g/mol. The lowest BCUT2D eigenvalue weighted by Gasteiger charge is -2.33. The van der Waals surface area contributed by atoms with Crippen LogP contribution in [-0.4, -0.2) is 68.0 Å². The van der Waals surface area contributed by atoms with Gasteiger partial charge in [-0.15, -0.1) is 12.4 Å². The predicted octanol–water partition coefficient (Wildman–Crippen LogP) is 1.34. The van der Waals surface area contributed by atoms with Crippen molar-refractivity contribution >= 4 is 30.3 Å². The number of hydrogen-bond donors (Lipinski definition) is 2. The Hall–Kier alpha value is -2.32. The summed E-state index contributed by atoms with van der Waals surface area (Å²) in [4.78, 5) is 41.0. The fourth-order valence-corrected chi connectivity index (χ4v) is 3.94. The van der Waals surface area contributed by atoms with Crippen LogP contribution >= 0.6 is 12.4 Å². The van der Waals surface area contributed by atoms with Crippen LogP contribution in [-0.2, 0) is 15.1 Å². The SMILES string of the molecule is CNCC1CCCN(C(=O)CN2C(=O)NC(C)(c3ccc(OC)cc3)C2=O)C1.Cl. The van der Waals surface area contributed by atoms with E-state index in [1.165, 1.54) is 0 Å². The Bertz CT molecular complexity index is 755. The van der Waals surface area contributed by atoms with Crippen LogP contribution in [0.3, 0.4) is 0 Å². The van der Waals surface area contributed by atoms with E-state index in [9.17, 15) is 14.4 Å². The maximum atomic E-state index is 13.0. The number of rotatable bonds is 6. The Balaban J connectivity index is 0.00000300. The number of amides is 4. The second kappa shape index (κ2) is 9.45. The van der Waals surface area contributed by atoms with Crippen molar-refractivity contribution in [2.75, 3.05) is 40.3 Å². The number of hydrogen-bond acceptors (Lipinski definition) is 5. The third-order valence-electron chi connectivity index (χ3n) is 5.60. The Morgan fingerprint density at radius 3 is 2.62 bits per heavy atom. The van der Waals surface area contributed by atoms with E-state index in [1.54, 1.807) is 43.2 Å². The largest absolute Gasteiger partial charge is 0.497 e. The zero-order valence-electron chi connectivity index (χ0n) is 17.1. The molecule has 2 aliphatic rings. The molecule has 4 amide bonds. The van der Waals surface area contributed by atoms with E-state index in [2.05, 4.69) is 10.6 Å². The van der Waals surface area contributed by atoms with E-state index >= 15 is 0 Å². The maximum absolute atomic E-state index is 13.0. The minimum Gasteiger partial charge on any atom is -0.497 e. The van der Waals surface area contributed by atoms with Crippen molar-refractivity contribution in [1.82, 2.24) is 20.4 Å². The summed E-state index contributed by atoms with van der Waals surface area (Å²) in [5.74, 6) is 0.454. The van der Waals surface area contributed by atoms with Gasteiger partial charge in [0.2, 0.25) is 5.91 Å². The van der Waals surface area contributed by atoms with Crippen molar-refractivity contribution in [3.8, 4) is 5.75 Å². The van der Waals surface area contributed by atoms with Gasteiger partial charge in [0, 0.05) is 13.1 Å². The van der Waals surface area contributed by atoms with Crippen LogP contribution in [0.4, 0.5) is 4.79 Å². The Morgan fingerprint density at radius 1 is 1.31 bits per heavy atom. The molecule has 2 heterocycles. The predicted molar refractivity (Wildman–Crippen MR) is 111 cm³/mol. The minimum atomic E-state index is -1.19. The van der Waals surface area contributed by atoms with Gasteiger partial charge in [0.15, 0.2) is 0 Å². The van der Waals surface area contributed by atoms with Gasteiger partial charge in [-0.3, -0.25) is 14.5 Å². The van der Waals surface area contributed by atoms with Crippen molar-refractivity contribution in [2.45, 2.75) is 25.3 Å². The quantitative estimate of drug-likeness (QED) is 0.672. The summed E-state index contributed by atoms with van der Waals surface area (Å²) in [6.07, 6.45) is 2.01. The third kappa shape index (κ3) is 4.64. The van der Waals surface area contributed by atoms with Gasteiger partial charge in [0.05, 0.1) is 7.11 Å². The van der Waals surface area contributed by atoms with Gasteiger partial charge in [-0.1, -0.05) is 12.1 Å². The molecule has 3 rings (SSSR count). The number of methoxy groups -OCH3 is 1. The smallest absolute Gasteiger partial charge is 0.325 e. The molecule has 0 spiro atoms. The van der Waals surface area contributed by atoms with Crippen LogP contribution in [0.25, 0.3) is 0 Å². The normalized spacial score (nSPS) is 24.2. The van der Waals surface area contributed by atoms with Gasteiger partial charge in [-0.25, -0.2) is 4.79 Å². The molecule has 2 N–H and O–H groups in total. The zero-order chi connectivity index (χ0) is 20.3. The number of urea groups is 1. The van der Waals surface area contributed by atoms with Crippen molar-refractivity contribution in [3.63, 3.8) is 0 Å². The van der Waals surface area contributed by atoms with Crippen molar-refractivity contribution < 1.29 is 19.1 Å². The standard InChI is InChI=1S/C20H28N4O4.ClH/c1-20(15-6-8-16(28-3)9-7-15)18(26)24(19(27)22-20)13-17(25)23-10-4-5-14(12-23)11-21-2;/h6-9,14,21H,4-5,10-13H2,1-3H3,(H,22,27);1H. The molecule has 1 aromatic carbocycles. The monoisotopic (exact) mass is 424 g/mol. The Labute approximate surface area is 177 Å². The summed E-state index contributed by atoms with van der Waals surface area (Å²) >= 11 is 0. The molecule has 0 radical (unpaired) electrons. The first-order chi connectivity index (χ1) is 13.4. The number of ether oxygens (including phenoxy) is 1. The minimum absolute atomic E-state index is 0. The van der Waals surface area contributed by atoms with Crippen LogP contribution < -0.4 is 15.4 Å². The lowest BCUT2D eigenvalue weighted by atomic mass is 9.92. The van der Waals surface area contributed by atoms with E-state index in [0.717, 1.165) is 24.3 Å². The summed E-state index contributed by atoms with van der Waals surface area (Å²) < 4.78 is 5.14. The molecule has 2 saturated heterocycles. The number of benzene rings is 1. The van der Waals surface area contributed by atoms with Crippen LogP contribution in [0.2, 0.25) is 0 Å². The van der Waals surface area contributed by atoms with Crippen LogP contribution in [0.1, 0.15) is 25.3 Å². The molecular formula is C20H29ClN4O4. The highest BCUT2D eigenvalue weighted by molar-refractivity contribution is 6.09. The fourth-order valence-electron chi connectivity index (χ4n) is 3.94. The number of likely N-dealkylation sites (tertiary alicyclic amines) is 1. The van der Waals surface area contributed by atoms with Gasteiger partial charge in [-0.2, -0.15) is 0 Å².